The average Bonchev–Trinajstić information content (AvgIpc) is 3.19. The van der Waals surface area contributed by atoms with Gasteiger partial charge in [-0.2, -0.15) is 5.26 Å². The zero-order valence-corrected chi connectivity index (χ0v) is 18.8. The first kappa shape index (κ1) is 22.2. The van der Waals surface area contributed by atoms with E-state index in [-0.39, 0.29) is 0 Å². The van der Waals surface area contributed by atoms with Crippen molar-refractivity contribution in [3.8, 4) is 17.2 Å². The molecule has 1 unspecified atom stereocenters. The molecule has 2 heterocycles. The van der Waals surface area contributed by atoms with E-state index in [0.29, 0.717) is 18.2 Å². The van der Waals surface area contributed by atoms with E-state index in [4.69, 9.17) is 5.73 Å². The van der Waals surface area contributed by atoms with Gasteiger partial charge < -0.3 is 10.3 Å². The Morgan fingerprint density at radius 3 is 2.53 bits per heavy atom. The lowest BCUT2D eigenvalue weighted by Crippen LogP contribution is -2.35. The molecule has 158 valence electrons. The zero-order chi connectivity index (χ0) is 21.7. The Kier molecular flexibility index (Phi) is 7.43. The van der Waals surface area contributed by atoms with E-state index >= 15 is 0 Å². The van der Waals surface area contributed by atoms with Crippen LogP contribution >= 0.6 is 0 Å². The number of nitrogens with two attached hydrogens (primary N) is 1. The molecule has 0 radical (unpaired) electrons. The van der Waals surface area contributed by atoms with Crippen molar-refractivity contribution >= 4 is 21.9 Å². The minimum atomic E-state index is -0.907. The van der Waals surface area contributed by atoms with Gasteiger partial charge in [0.2, 0.25) is 0 Å². The van der Waals surface area contributed by atoms with E-state index in [9.17, 15) is 9.47 Å². The first-order valence-corrected chi connectivity index (χ1v) is 12.0. The molecule has 0 saturated carbocycles. The van der Waals surface area contributed by atoms with Gasteiger partial charge in [0.15, 0.2) is 0 Å². The number of fused-ring (bicyclic) bond motifs is 1. The molecule has 0 amide bonds. The number of hydrogen-bond donors (Lipinski definition) is 1. The van der Waals surface area contributed by atoms with Crippen molar-refractivity contribution in [1.82, 2.24) is 8.87 Å². The van der Waals surface area contributed by atoms with E-state index in [0.717, 1.165) is 42.6 Å². The molecule has 1 atom stereocenters. The lowest BCUT2D eigenvalue weighted by molar-refractivity contribution is 0.288. The fourth-order valence-corrected chi connectivity index (χ4v) is 4.81. The Bertz CT molecular complexity index is 1070. The smallest absolute Gasteiger partial charge is 0.0991 e. The van der Waals surface area contributed by atoms with Crippen molar-refractivity contribution in [3.63, 3.8) is 0 Å². The number of benzene rings is 2. The standard InChI is InChI=1S/C22H24N4OS.C2H6/c1-28(27)25-9-7-19(8-10-25)26-15-21(18-4-2-3-16(11-18)13-23)20-6-5-17(14-24)12-22(20)26;1-2/h2-6,11-12,15,19H,7-10,14,24H2,1H3;1-2H3. The second kappa shape index (κ2) is 10.0. The minimum Gasteiger partial charge on any atom is -0.344 e. The van der Waals surface area contributed by atoms with Gasteiger partial charge in [0, 0.05) is 54.6 Å². The molecule has 3 aromatic rings. The first-order valence-electron chi connectivity index (χ1n) is 10.5. The molecule has 0 aliphatic carbocycles. The molecule has 1 saturated heterocycles. The van der Waals surface area contributed by atoms with Gasteiger partial charge in [-0.3, -0.25) is 0 Å². The lowest BCUT2D eigenvalue weighted by atomic mass is 10.0. The highest BCUT2D eigenvalue weighted by Gasteiger charge is 2.24. The van der Waals surface area contributed by atoms with Crippen LogP contribution in [0, 0.1) is 11.3 Å². The van der Waals surface area contributed by atoms with E-state index in [1.807, 2.05) is 36.4 Å². The van der Waals surface area contributed by atoms with Crippen molar-refractivity contribution in [2.75, 3.05) is 19.3 Å². The van der Waals surface area contributed by atoms with E-state index < -0.39 is 11.0 Å². The Morgan fingerprint density at radius 2 is 1.90 bits per heavy atom. The topological polar surface area (TPSA) is 75.0 Å². The van der Waals surface area contributed by atoms with Crippen LogP contribution in [-0.4, -0.2) is 32.4 Å². The number of piperidine rings is 1. The van der Waals surface area contributed by atoms with Crippen LogP contribution in [0.2, 0.25) is 0 Å². The van der Waals surface area contributed by atoms with Gasteiger partial charge in [-0.05, 0) is 42.2 Å². The second-order valence-corrected chi connectivity index (χ2v) is 8.65. The van der Waals surface area contributed by atoms with E-state index in [2.05, 4.69) is 41.1 Å². The van der Waals surface area contributed by atoms with Gasteiger partial charge in [0.05, 0.1) is 22.6 Å². The summed E-state index contributed by atoms with van der Waals surface area (Å²) in [5.41, 5.74) is 11.0. The summed E-state index contributed by atoms with van der Waals surface area (Å²) in [5, 5.41) is 10.4. The molecule has 6 heteroatoms. The third kappa shape index (κ3) is 4.49. The third-order valence-corrected chi connectivity index (χ3v) is 6.71. The van der Waals surface area contributed by atoms with Crippen LogP contribution in [0.15, 0.2) is 48.7 Å². The van der Waals surface area contributed by atoms with E-state index in [1.165, 1.54) is 10.9 Å². The summed E-state index contributed by atoms with van der Waals surface area (Å²) in [5.74, 6) is 0. The largest absolute Gasteiger partial charge is 0.344 e. The fraction of sp³-hybridized carbons (Fsp3) is 0.375. The van der Waals surface area contributed by atoms with Gasteiger partial charge in [0.25, 0.3) is 0 Å². The Morgan fingerprint density at radius 1 is 1.17 bits per heavy atom. The first-order chi connectivity index (χ1) is 14.6. The van der Waals surface area contributed by atoms with Crippen molar-refractivity contribution in [2.24, 2.45) is 5.73 Å². The van der Waals surface area contributed by atoms with E-state index in [1.54, 1.807) is 6.26 Å². The summed E-state index contributed by atoms with van der Waals surface area (Å²) in [7, 11) is -0.907. The number of aromatic nitrogens is 1. The maximum atomic E-state index is 11.8. The van der Waals surface area contributed by atoms with Gasteiger partial charge in [-0.15, -0.1) is 0 Å². The Balaban J connectivity index is 0.00000124. The molecule has 0 spiro atoms. The molecule has 1 aromatic heterocycles. The normalized spacial score (nSPS) is 16.0. The highest BCUT2D eigenvalue weighted by molar-refractivity contribution is 7.81. The number of nitrogens with zero attached hydrogens (tertiary/aromatic N) is 3. The molecule has 2 N–H and O–H groups in total. The minimum absolute atomic E-state index is 0.364. The van der Waals surface area contributed by atoms with Gasteiger partial charge in [-0.1, -0.05) is 38.1 Å². The second-order valence-electron chi connectivity index (χ2n) is 7.28. The predicted octanol–water partition coefficient (Wildman–Crippen LogP) is 4.60. The summed E-state index contributed by atoms with van der Waals surface area (Å²) in [4.78, 5) is 0. The Hall–Kier alpha value is -2.46. The summed E-state index contributed by atoms with van der Waals surface area (Å²) in [6.45, 7) is 6.18. The zero-order valence-electron chi connectivity index (χ0n) is 18.0. The number of nitriles is 1. The van der Waals surface area contributed by atoms with Crippen LogP contribution in [-0.2, 0) is 17.5 Å². The van der Waals surface area contributed by atoms with Gasteiger partial charge in [-0.25, -0.2) is 8.51 Å². The SMILES string of the molecule is CC.CS(=O)N1CCC(n2cc(-c3cccc(C#N)c3)c3ccc(CN)cc32)CC1. The van der Waals surface area contributed by atoms with Crippen LogP contribution in [0.5, 0.6) is 0 Å². The molecular weight excluding hydrogens is 392 g/mol. The highest BCUT2D eigenvalue weighted by Crippen LogP contribution is 2.36. The summed E-state index contributed by atoms with van der Waals surface area (Å²) < 4.78 is 16.2. The number of hydrogen-bond acceptors (Lipinski definition) is 3. The monoisotopic (exact) mass is 422 g/mol. The van der Waals surface area contributed by atoms with Crippen LogP contribution < -0.4 is 5.73 Å². The van der Waals surface area contributed by atoms with Gasteiger partial charge >= 0.3 is 0 Å². The van der Waals surface area contributed by atoms with Crippen molar-refractivity contribution in [3.05, 3.63) is 59.8 Å². The fourth-order valence-electron chi connectivity index (χ4n) is 4.09. The molecule has 4 rings (SSSR count). The molecule has 1 fully saturated rings. The highest BCUT2D eigenvalue weighted by atomic mass is 32.2. The molecule has 0 bridgehead atoms. The molecular formula is C24H30N4OS. The molecule has 1 aliphatic rings. The molecule has 30 heavy (non-hydrogen) atoms. The predicted molar refractivity (Wildman–Crippen MR) is 125 cm³/mol. The summed E-state index contributed by atoms with van der Waals surface area (Å²) in [6, 6.07) is 16.7. The number of rotatable bonds is 4. The van der Waals surface area contributed by atoms with Crippen LogP contribution in [0.25, 0.3) is 22.0 Å². The van der Waals surface area contributed by atoms with Crippen LogP contribution in [0.4, 0.5) is 0 Å². The molecule has 5 nitrogen and oxygen atoms in total. The third-order valence-electron chi connectivity index (χ3n) is 5.62. The quantitative estimate of drug-likeness (QED) is 0.668. The summed E-state index contributed by atoms with van der Waals surface area (Å²) in [6.07, 6.45) is 5.89. The van der Waals surface area contributed by atoms with Crippen molar-refractivity contribution < 1.29 is 4.21 Å². The Labute approximate surface area is 181 Å². The van der Waals surface area contributed by atoms with Gasteiger partial charge in [0.1, 0.15) is 0 Å². The lowest BCUT2D eigenvalue weighted by Gasteiger charge is -2.31. The average molecular weight is 423 g/mol. The maximum absolute atomic E-state index is 11.8. The summed E-state index contributed by atoms with van der Waals surface area (Å²) >= 11 is 0. The molecule has 2 aromatic carbocycles. The maximum Gasteiger partial charge on any atom is 0.0991 e. The molecule has 1 aliphatic heterocycles. The van der Waals surface area contributed by atoms with Crippen molar-refractivity contribution in [1.29, 1.82) is 5.26 Å². The van der Waals surface area contributed by atoms with Crippen LogP contribution in [0.1, 0.15) is 43.9 Å². The van der Waals surface area contributed by atoms with Crippen molar-refractivity contribution in [2.45, 2.75) is 39.3 Å². The van der Waals surface area contributed by atoms with Crippen LogP contribution in [0.3, 0.4) is 0 Å².